The summed E-state index contributed by atoms with van der Waals surface area (Å²) in [5, 5.41) is 3.62. The summed E-state index contributed by atoms with van der Waals surface area (Å²) < 4.78 is 0. The second-order valence-corrected chi connectivity index (χ2v) is 6.93. The molecule has 0 spiro atoms. The predicted octanol–water partition coefficient (Wildman–Crippen LogP) is 3.87. The van der Waals surface area contributed by atoms with Crippen molar-refractivity contribution in [2.75, 3.05) is 7.05 Å². The molecule has 4 unspecified atom stereocenters. The molecule has 19 heavy (non-hydrogen) atoms. The Bertz CT molecular complexity index is 431. The maximum atomic E-state index is 3.62. The van der Waals surface area contributed by atoms with Gasteiger partial charge in [0.2, 0.25) is 0 Å². The molecule has 4 atom stereocenters. The number of rotatable bonds is 4. The first-order valence-electron chi connectivity index (χ1n) is 7.90. The molecule has 1 aromatic rings. The van der Waals surface area contributed by atoms with E-state index in [0.717, 1.165) is 17.8 Å². The summed E-state index contributed by atoms with van der Waals surface area (Å²) in [6.45, 7) is 4.42. The topological polar surface area (TPSA) is 12.0 Å². The van der Waals surface area contributed by atoms with E-state index < -0.39 is 0 Å². The molecule has 1 nitrogen and oxygen atoms in total. The normalized spacial score (nSPS) is 30.8. The summed E-state index contributed by atoms with van der Waals surface area (Å²) in [5.41, 5.74) is 4.32. The number of likely N-dealkylation sites (N-methyl/N-ethyl adjacent to an activating group) is 1. The summed E-state index contributed by atoms with van der Waals surface area (Å²) in [5.74, 6) is 2.98. The maximum Gasteiger partial charge on any atom is 0.0135 e. The third-order valence-corrected chi connectivity index (χ3v) is 5.42. The van der Waals surface area contributed by atoms with Crippen molar-refractivity contribution in [3.63, 3.8) is 0 Å². The minimum atomic E-state index is 0.677. The number of hydrogen-bond acceptors (Lipinski definition) is 1. The molecule has 3 rings (SSSR count). The van der Waals surface area contributed by atoms with Crippen LogP contribution in [0.15, 0.2) is 18.2 Å². The third kappa shape index (κ3) is 2.72. The first-order valence-corrected chi connectivity index (χ1v) is 7.90. The van der Waals surface area contributed by atoms with E-state index in [0.29, 0.717) is 6.04 Å². The summed E-state index contributed by atoms with van der Waals surface area (Å²) in [7, 11) is 2.15. The Morgan fingerprint density at radius 1 is 1.11 bits per heavy atom. The van der Waals surface area contributed by atoms with Gasteiger partial charge in [-0.05, 0) is 69.9 Å². The van der Waals surface area contributed by atoms with Gasteiger partial charge in [-0.2, -0.15) is 0 Å². The molecule has 1 N–H and O–H groups in total. The molecule has 2 aliphatic rings. The van der Waals surface area contributed by atoms with Gasteiger partial charge in [-0.1, -0.05) is 35.7 Å². The molecule has 0 saturated heterocycles. The fourth-order valence-corrected chi connectivity index (χ4v) is 4.70. The minimum Gasteiger partial charge on any atom is -0.316 e. The molecule has 0 amide bonds. The van der Waals surface area contributed by atoms with Crippen LogP contribution in [0.5, 0.6) is 0 Å². The van der Waals surface area contributed by atoms with Crippen LogP contribution in [0, 0.1) is 31.6 Å². The van der Waals surface area contributed by atoms with Gasteiger partial charge >= 0.3 is 0 Å². The maximum absolute atomic E-state index is 3.62. The predicted molar refractivity (Wildman–Crippen MR) is 81.4 cm³/mol. The van der Waals surface area contributed by atoms with Crippen molar-refractivity contribution in [1.82, 2.24) is 5.32 Å². The Balaban J connectivity index is 1.72. The number of nitrogens with one attached hydrogen (secondary N) is 1. The summed E-state index contributed by atoms with van der Waals surface area (Å²) >= 11 is 0. The molecule has 1 heteroatoms. The Labute approximate surface area is 117 Å². The van der Waals surface area contributed by atoms with Crippen LogP contribution in [0.2, 0.25) is 0 Å². The van der Waals surface area contributed by atoms with Crippen LogP contribution in [0.1, 0.15) is 42.4 Å². The Morgan fingerprint density at radius 3 is 2.37 bits per heavy atom. The third-order valence-electron chi connectivity index (χ3n) is 5.42. The highest BCUT2D eigenvalue weighted by Crippen LogP contribution is 2.49. The highest BCUT2D eigenvalue weighted by Gasteiger charge is 2.42. The summed E-state index contributed by atoms with van der Waals surface area (Å²) in [4.78, 5) is 0. The summed E-state index contributed by atoms with van der Waals surface area (Å²) in [6.07, 6.45) is 7.17. The Morgan fingerprint density at radius 2 is 1.84 bits per heavy atom. The van der Waals surface area contributed by atoms with Crippen molar-refractivity contribution >= 4 is 0 Å². The van der Waals surface area contributed by atoms with Gasteiger partial charge in [0, 0.05) is 6.04 Å². The fourth-order valence-electron chi connectivity index (χ4n) is 4.70. The zero-order valence-electron chi connectivity index (χ0n) is 12.6. The Kier molecular flexibility index (Phi) is 3.66. The van der Waals surface area contributed by atoms with Crippen molar-refractivity contribution < 1.29 is 0 Å². The lowest BCUT2D eigenvalue weighted by atomic mass is 9.81. The molecule has 2 bridgehead atoms. The Hall–Kier alpha value is -0.820. The van der Waals surface area contributed by atoms with Crippen LogP contribution in [0.3, 0.4) is 0 Å². The van der Waals surface area contributed by atoms with Crippen molar-refractivity contribution in [3.8, 4) is 0 Å². The van der Waals surface area contributed by atoms with Crippen LogP contribution < -0.4 is 5.32 Å². The van der Waals surface area contributed by atoms with Gasteiger partial charge in [-0.15, -0.1) is 0 Å². The van der Waals surface area contributed by atoms with Gasteiger partial charge in [0.1, 0.15) is 0 Å². The minimum absolute atomic E-state index is 0.677. The highest BCUT2D eigenvalue weighted by molar-refractivity contribution is 5.29. The molecule has 104 valence electrons. The van der Waals surface area contributed by atoms with Gasteiger partial charge in [-0.25, -0.2) is 0 Å². The van der Waals surface area contributed by atoms with Gasteiger partial charge in [0.05, 0.1) is 0 Å². The molecule has 2 aliphatic carbocycles. The smallest absolute Gasteiger partial charge is 0.0135 e. The van der Waals surface area contributed by atoms with Crippen LogP contribution in [-0.4, -0.2) is 13.1 Å². The van der Waals surface area contributed by atoms with Gasteiger partial charge in [0.25, 0.3) is 0 Å². The second kappa shape index (κ2) is 5.28. The monoisotopic (exact) mass is 257 g/mol. The zero-order valence-corrected chi connectivity index (χ0v) is 12.6. The van der Waals surface area contributed by atoms with E-state index in [4.69, 9.17) is 0 Å². The average Bonchev–Trinajstić information content (AvgIpc) is 2.96. The molecule has 0 aliphatic heterocycles. The lowest BCUT2D eigenvalue weighted by molar-refractivity contribution is 0.255. The zero-order chi connectivity index (χ0) is 13.4. The van der Waals surface area contributed by atoms with E-state index in [1.807, 2.05) is 0 Å². The summed E-state index contributed by atoms with van der Waals surface area (Å²) in [6, 6.07) is 7.68. The number of fused-ring (bicyclic) bond motifs is 2. The number of aryl methyl sites for hydroxylation is 2. The van der Waals surface area contributed by atoms with Gasteiger partial charge in [-0.3, -0.25) is 0 Å². The van der Waals surface area contributed by atoms with Crippen LogP contribution in [0.4, 0.5) is 0 Å². The number of hydrogen-bond donors (Lipinski definition) is 1. The standard InChI is InChI=1S/C18H27N/c1-12-6-13(2)8-15(7-12)11-18(19-3)17-10-14-4-5-16(17)9-14/h6-8,14,16-19H,4-5,9-11H2,1-3H3. The van der Waals surface area contributed by atoms with Gasteiger partial charge < -0.3 is 5.32 Å². The molecule has 0 heterocycles. The molecular formula is C18H27N. The second-order valence-electron chi connectivity index (χ2n) is 6.93. The average molecular weight is 257 g/mol. The van der Waals surface area contributed by atoms with E-state index >= 15 is 0 Å². The van der Waals surface area contributed by atoms with Crippen molar-refractivity contribution in [1.29, 1.82) is 0 Å². The van der Waals surface area contributed by atoms with E-state index in [1.165, 1.54) is 48.8 Å². The van der Waals surface area contributed by atoms with E-state index in [9.17, 15) is 0 Å². The van der Waals surface area contributed by atoms with E-state index in [2.05, 4.69) is 44.4 Å². The van der Waals surface area contributed by atoms with Crippen molar-refractivity contribution in [2.24, 2.45) is 17.8 Å². The molecule has 2 fully saturated rings. The van der Waals surface area contributed by atoms with E-state index in [1.54, 1.807) is 0 Å². The first-order chi connectivity index (χ1) is 9.15. The van der Waals surface area contributed by atoms with Crippen LogP contribution in [0.25, 0.3) is 0 Å². The SMILES string of the molecule is CNC(Cc1cc(C)cc(C)c1)C1CC2CCC1C2. The molecule has 0 aromatic heterocycles. The lowest BCUT2D eigenvalue weighted by Gasteiger charge is -2.30. The lowest BCUT2D eigenvalue weighted by Crippen LogP contribution is -2.38. The van der Waals surface area contributed by atoms with Crippen molar-refractivity contribution in [2.45, 2.75) is 52.0 Å². The largest absolute Gasteiger partial charge is 0.316 e. The van der Waals surface area contributed by atoms with E-state index in [-0.39, 0.29) is 0 Å². The quantitative estimate of drug-likeness (QED) is 0.863. The van der Waals surface area contributed by atoms with Crippen molar-refractivity contribution in [3.05, 3.63) is 34.9 Å². The number of benzene rings is 1. The molecule has 1 aromatic carbocycles. The van der Waals surface area contributed by atoms with Crippen LogP contribution in [-0.2, 0) is 6.42 Å². The fraction of sp³-hybridized carbons (Fsp3) is 0.667. The molecular weight excluding hydrogens is 230 g/mol. The molecule has 2 saturated carbocycles. The van der Waals surface area contributed by atoms with Crippen LogP contribution >= 0.6 is 0 Å². The van der Waals surface area contributed by atoms with Gasteiger partial charge in [0.15, 0.2) is 0 Å². The molecule has 0 radical (unpaired) electrons. The highest BCUT2D eigenvalue weighted by atomic mass is 14.9. The first kappa shape index (κ1) is 13.2.